The van der Waals surface area contributed by atoms with Crippen LogP contribution < -0.4 is 5.32 Å². The van der Waals surface area contributed by atoms with E-state index in [0.29, 0.717) is 31.0 Å². The van der Waals surface area contributed by atoms with Gasteiger partial charge >= 0.3 is 6.09 Å². The summed E-state index contributed by atoms with van der Waals surface area (Å²) in [5.74, 6) is 0.609. The summed E-state index contributed by atoms with van der Waals surface area (Å²) in [5, 5.41) is 13.4. The van der Waals surface area contributed by atoms with Crippen LogP contribution in [0.2, 0.25) is 0 Å². The minimum absolute atomic E-state index is 0.0578. The van der Waals surface area contributed by atoms with Crippen LogP contribution in [0.5, 0.6) is 0 Å². The summed E-state index contributed by atoms with van der Waals surface area (Å²) in [6.07, 6.45) is 1.17. The number of nitrogens with one attached hydrogen (secondary N) is 1. The maximum atomic E-state index is 13.3. The van der Waals surface area contributed by atoms with Crippen molar-refractivity contribution in [2.45, 2.75) is 45.4 Å². The quantitative estimate of drug-likeness (QED) is 0.310. The smallest absolute Gasteiger partial charge is 0.410 e. The van der Waals surface area contributed by atoms with Crippen LogP contribution in [0.1, 0.15) is 49.7 Å². The molecule has 1 saturated heterocycles. The van der Waals surface area contributed by atoms with Crippen LogP contribution in [0.15, 0.2) is 67.0 Å². The number of hydrogen-bond acceptors (Lipinski definition) is 8. The Labute approximate surface area is 243 Å². The van der Waals surface area contributed by atoms with Crippen LogP contribution in [0.25, 0.3) is 20.7 Å². The standard InChI is InChI=1S/C31H35N5O4S/c1-20-17-35(30(39)40-31(2,3)4)14-15-36(20)29(38)23-12-10-22(11-13-23)26-16-24-27(41-26)28(33-19-32-24)34-25(18-37)21-8-6-5-7-9-21/h5-13,16,19-20,25,37H,14-15,17-18H2,1-4H3,(H,32,33,34). The van der Waals surface area contributed by atoms with E-state index in [0.717, 1.165) is 26.2 Å². The molecule has 2 aromatic heterocycles. The van der Waals surface area contributed by atoms with Crippen molar-refractivity contribution in [2.75, 3.05) is 31.6 Å². The highest BCUT2D eigenvalue weighted by molar-refractivity contribution is 7.22. The number of nitrogens with zero attached hydrogens (tertiary/aromatic N) is 4. The molecule has 4 aromatic rings. The molecule has 2 atom stereocenters. The normalized spacial score (nSPS) is 16.5. The Morgan fingerprint density at radius 2 is 1.83 bits per heavy atom. The monoisotopic (exact) mass is 573 g/mol. The molecule has 2 aromatic carbocycles. The van der Waals surface area contributed by atoms with E-state index < -0.39 is 5.60 Å². The Kier molecular flexibility index (Phi) is 8.23. The van der Waals surface area contributed by atoms with E-state index in [9.17, 15) is 14.7 Å². The van der Waals surface area contributed by atoms with Crippen LogP contribution in [0.4, 0.5) is 10.6 Å². The van der Waals surface area contributed by atoms with Crippen LogP contribution in [0.3, 0.4) is 0 Å². The Bertz CT molecular complexity index is 1520. The molecule has 2 unspecified atom stereocenters. The summed E-state index contributed by atoms with van der Waals surface area (Å²) >= 11 is 1.56. The van der Waals surface area contributed by atoms with Crippen LogP contribution >= 0.6 is 11.3 Å². The molecule has 1 fully saturated rings. The van der Waals surface area contributed by atoms with Gasteiger partial charge in [-0.1, -0.05) is 42.5 Å². The number of aliphatic hydroxyl groups excluding tert-OH is 1. The van der Waals surface area contributed by atoms with Gasteiger partial charge in [0.2, 0.25) is 0 Å². The minimum atomic E-state index is -0.557. The summed E-state index contributed by atoms with van der Waals surface area (Å²) in [6, 6.07) is 18.9. The summed E-state index contributed by atoms with van der Waals surface area (Å²) in [7, 11) is 0. The van der Waals surface area contributed by atoms with E-state index in [1.54, 1.807) is 16.2 Å². The number of amides is 2. The largest absolute Gasteiger partial charge is 0.444 e. The summed E-state index contributed by atoms with van der Waals surface area (Å²) in [4.78, 5) is 39.2. The first-order chi connectivity index (χ1) is 19.6. The van der Waals surface area contributed by atoms with Crippen molar-refractivity contribution in [1.29, 1.82) is 0 Å². The zero-order valence-electron chi connectivity index (χ0n) is 23.7. The van der Waals surface area contributed by atoms with E-state index in [1.165, 1.54) is 6.33 Å². The van der Waals surface area contributed by atoms with Crippen molar-refractivity contribution < 1.29 is 19.4 Å². The number of carbonyl (C=O) groups is 2. The lowest BCUT2D eigenvalue weighted by molar-refractivity contribution is 0.00617. The van der Waals surface area contributed by atoms with Gasteiger partial charge in [-0.25, -0.2) is 14.8 Å². The fourth-order valence-corrected chi connectivity index (χ4v) is 5.95. The number of ether oxygens (including phenoxy) is 1. The number of benzene rings is 2. The highest BCUT2D eigenvalue weighted by atomic mass is 32.1. The van der Waals surface area contributed by atoms with Crippen molar-refractivity contribution >= 4 is 39.4 Å². The number of aliphatic hydroxyl groups is 1. The molecule has 2 amide bonds. The minimum Gasteiger partial charge on any atom is -0.444 e. The third-order valence-electron chi connectivity index (χ3n) is 6.96. The van der Waals surface area contributed by atoms with Crippen molar-refractivity contribution in [3.05, 3.63) is 78.1 Å². The second-order valence-electron chi connectivity index (χ2n) is 11.2. The van der Waals surface area contributed by atoms with Crippen molar-refractivity contribution in [3.8, 4) is 10.4 Å². The second-order valence-corrected chi connectivity index (χ2v) is 12.2. The van der Waals surface area contributed by atoms with E-state index in [-0.39, 0.29) is 30.7 Å². The Morgan fingerprint density at radius 3 is 2.49 bits per heavy atom. The maximum Gasteiger partial charge on any atom is 0.410 e. The molecule has 41 heavy (non-hydrogen) atoms. The number of anilines is 1. The lowest BCUT2D eigenvalue weighted by Gasteiger charge is -2.40. The average molecular weight is 574 g/mol. The lowest BCUT2D eigenvalue weighted by atomic mass is 10.1. The topological polar surface area (TPSA) is 108 Å². The fourth-order valence-electron chi connectivity index (χ4n) is 4.88. The van der Waals surface area contributed by atoms with Crippen LogP contribution in [-0.2, 0) is 4.74 Å². The molecule has 0 spiro atoms. The van der Waals surface area contributed by atoms with Gasteiger partial charge in [0.15, 0.2) is 0 Å². The molecule has 3 heterocycles. The summed E-state index contributed by atoms with van der Waals surface area (Å²) < 4.78 is 6.39. The first kappa shape index (κ1) is 28.5. The first-order valence-corrected chi connectivity index (χ1v) is 14.5. The molecule has 0 saturated carbocycles. The maximum absolute atomic E-state index is 13.3. The third kappa shape index (κ3) is 6.49. The first-order valence-electron chi connectivity index (χ1n) is 13.7. The number of thiophene rings is 1. The van der Waals surface area contributed by atoms with Crippen LogP contribution in [-0.4, -0.2) is 74.8 Å². The summed E-state index contributed by atoms with van der Waals surface area (Å²) in [6.45, 7) is 8.73. The van der Waals surface area contributed by atoms with E-state index in [2.05, 4.69) is 15.3 Å². The van der Waals surface area contributed by atoms with Crippen molar-refractivity contribution in [1.82, 2.24) is 19.8 Å². The van der Waals surface area contributed by atoms with Gasteiger partial charge in [-0.15, -0.1) is 11.3 Å². The zero-order chi connectivity index (χ0) is 29.1. The Morgan fingerprint density at radius 1 is 1.10 bits per heavy atom. The number of fused-ring (bicyclic) bond motifs is 1. The fraction of sp³-hybridized carbons (Fsp3) is 0.355. The third-order valence-corrected chi connectivity index (χ3v) is 8.14. The SMILES string of the molecule is CC1CN(C(=O)OC(C)(C)C)CCN1C(=O)c1ccc(-c2cc3ncnc(NC(CO)c4ccccc4)c3s2)cc1. The van der Waals surface area contributed by atoms with E-state index in [1.807, 2.05) is 93.3 Å². The van der Waals surface area contributed by atoms with Gasteiger partial charge in [0.25, 0.3) is 5.91 Å². The van der Waals surface area contributed by atoms with Gasteiger partial charge in [0.1, 0.15) is 17.7 Å². The molecule has 9 nitrogen and oxygen atoms in total. The molecule has 214 valence electrons. The Hall–Kier alpha value is -4.02. The van der Waals surface area contributed by atoms with E-state index >= 15 is 0 Å². The Balaban J connectivity index is 1.29. The van der Waals surface area contributed by atoms with Gasteiger partial charge in [-0.05, 0) is 57.0 Å². The lowest BCUT2D eigenvalue weighted by Crippen LogP contribution is -2.56. The number of piperazine rings is 1. The highest BCUT2D eigenvalue weighted by Gasteiger charge is 2.32. The van der Waals surface area contributed by atoms with Gasteiger partial charge in [-0.2, -0.15) is 0 Å². The molecule has 5 rings (SSSR count). The predicted molar refractivity (Wildman–Crippen MR) is 161 cm³/mol. The molecule has 2 N–H and O–H groups in total. The van der Waals surface area contributed by atoms with Gasteiger partial charge < -0.3 is 25.0 Å². The zero-order valence-corrected chi connectivity index (χ0v) is 24.5. The van der Waals surface area contributed by atoms with Crippen molar-refractivity contribution in [3.63, 3.8) is 0 Å². The van der Waals surface area contributed by atoms with Crippen LogP contribution in [0, 0.1) is 0 Å². The predicted octanol–water partition coefficient (Wildman–Crippen LogP) is 5.59. The van der Waals surface area contributed by atoms with Gasteiger partial charge in [0, 0.05) is 36.1 Å². The highest BCUT2D eigenvalue weighted by Crippen LogP contribution is 2.37. The molecule has 1 aliphatic heterocycles. The number of aromatic nitrogens is 2. The molecular weight excluding hydrogens is 538 g/mol. The molecule has 0 radical (unpaired) electrons. The molecule has 10 heteroatoms. The number of hydrogen-bond donors (Lipinski definition) is 2. The second kappa shape index (κ2) is 11.8. The molecule has 1 aliphatic rings. The average Bonchev–Trinajstić information content (AvgIpc) is 3.40. The van der Waals surface area contributed by atoms with Gasteiger partial charge in [0.05, 0.1) is 22.9 Å². The molecule has 0 bridgehead atoms. The number of carbonyl (C=O) groups excluding carboxylic acids is 2. The molecule has 0 aliphatic carbocycles. The molecular formula is C31H35N5O4S. The number of rotatable bonds is 6. The van der Waals surface area contributed by atoms with E-state index in [4.69, 9.17) is 4.74 Å². The summed E-state index contributed by atoms with van der Waals surface area (Å²) in [5.41, 5.74) is 2.80. The van der Waals surface area contributed by atoms with Crippen molar-refractivity contribution in [2.24, 2.45) is 0 Å². The van der Waals surface area contributed by atoms with Gasteiger partial charge in [-0.3, -0.25) is 4.79 Å².